The van der Waals surface area contributed by atoms with Crippen molar-refractivity contribution in [2.45, 2.75) is 32.4 Å². The van der Waals surface area contributed by atoms with E-state index in [-0.39, 0.29) is 6.10 Å². The van der Waals surface area contributed by atoms with Crippen molar-refractivity contribution in [1.82, 2.24) is 9.55 Å². The molecule has 0 saturated carbocycles. The molecule has 0 unspecified atom stereocenters. The van der Waals surface area contributed by atoms with E-state index in [1.165, 1.54) is 11.1 Å². The van der Waals surface area contributed by atoms with Gasteiger partial charge in [0, 0.05) is 6.54 Å². The summed E-state index contributed by atoms with van der Waals surface area (Å²) in [5.74, 6) is 0.913. The Morgan fingerprint density at radius 1 is 1.30 bits per heavy atom. The van der Waals surface area contributed by atoms with Gasteiger partial charge in [-0.05, 0) is 60.2 Å². The smallest absolute Gasteiger partial charge is 0.121 e. The molecule has 0 amide bonds. The Balaban J connectivity index is 1.71. The lowest BCUT2D eigenvalue weighted by atomic mass is 10.1. The van der Waals surface area contributed by atoms with Crippen LogP contribution in [-0.2, 0) is 13.0 Å². The molecule has 3 aromatic rings. The number of aliphatic hydroxyl groups excluding tert-OH is 1. The molecule has 4 heteroatoms. The van der Waals surface area contributed by atoms with E-state index in [1.807, 2.05) is 18.5 Å². The SMILES string of the molecule is COc1ccc(Cn2cnc3cc4c(cc32)CC[C@@H]4O)cc1C. The van der Waals surface area contributed by atoms with E-state index in [9.17, 15) is 5.11 Å². The summed E-state index contributed by atoms with van der Waals surface area (Å²) in [6.45, 7) is 2.84. The van der Waals surface area contributed by atoms with Gasteiger partial charge in [0.2, 0.25) is 0 Å². The number of nitrogens with zero attached hydrogens (tertiary/aromatic N) is 2. The van der Waals surface area contributed by atoms with E-state index in [4.69, 9.17) is 4.74 Å². The molecule has 1 aromatic heterocycles. The van der Waals surface area contributed by atoms with Gasteiger partial charge in [-0.3, -0.25) is 0 Å². The lowest BCUT2D eigenvalue weighted by Gasteiger charge is -2.10. The average Bonchev–Trinajstić information content (AvgIpc) is 3.10. The van der Waals surface area contributed by atoms with Gasteiger partial charge in [0.1, 0.15) is 5.75 Å². The molecule has 1 atom stereocenters. The summed E-state index contributed by atoms with van der Waals surface area (Å²) < 4.78 is 7.49. The Hall–Kier alpha value is -2.33. The topological polar surface area (TPSA) is 47.3 Å². The molecule has 0 fully saturated rings. The predicted octanol–water partition coefficient (Wildman–Crippen LogP) is 3.38. The molecule has 23 heavy (non-hydrogen) atoms. The van der Waals surface area contributed by atoms with E-state index < -0.39 is 0 Å². The molecule has 1 heterocycles. The Kier molecular flexibility index (Phi) is 3.34. The Labute approximate surface area is 135 Å². The van der Waals surface area contributed by atoms with Crippen LogP contribution in [0, 0.1) is 6.92 Å². The van der Waals surface area contributed by atoms with E-state index in [0.29, 0.717) is 0 Å². The summed E-state index contributed by atoms with van der Waals surface area (Å²) in [6.07, 6.45) is 3.31. The van der Waals surface area contributed by atoms with Gasteiger partial charge in [-0.15, -0.1) is 0 Å². The van der Waals surface area contributed by atoms with Crippen LogP contribution < -0.4 is 4.74 Å². The molecule has 0 saturated heterocycles. The molecule has 2 aromatic carbocycles. The third-order valence-corrected chi connectivity index (χ3v) is 4.74. The van der Waals surface area contributed by atoms with Crippen molar-refractivity contribution in [1.29, 1.82) is 0 Å². The van der Waals surface area contributed by atoms with E-state index >= 15 is 0 Å². The number of aliphatic hydroxyl groups is 1. The van der Waals surface area contributed by atoms with Crippen molar-refractivity contribution in [3.05, 3.63) is 58.9 Å². The minimum atomic E-state index is -0.330. The third-order valence-electron chi connectivity index (χ3n) is 4.74. The van der Waals surface area contributed by atoms with Crippen LogP contribution in [0.25, 0.3) is 11.0 Å². The Morgan fingerprint density at radius 3 is 2.96 bits per heavy atom. The first-order chi connectivity index (χ1) is 11.2. The van der Waals surface area contributed by atoms with Gasteiger partial charge in [0.25, 0.3) is 0 Å². The number of aromatic nitrogens is 2. The molecule has 1 aliphatic carbocycles. The molecule has 4 rings (SSSR count). The number of aryl methyl sites for hydroxylation is 2. The zero-order chi connectivity index (χ0) is 16.0. The number of hydrogen-bond acceptors (Lipinski definition) is 3. The highest BCUT2D eigenvalue weighted by Gasteiger charge is 2.21. The van der Waals surface area contributed by atoms with Crippen molar-refractivity contribution in [3.63, 3.8) is 0 Å². The minimum absolute atomic E-state index is 0.330. The second-order valence-corrected chi connectivity index (χ2v) is 6.27. The number of methoxy groups -OCH3 is 1. The molecule has 0 bridgehead atoms. The Bertz CT molecular complexity index is 882. The first-order valence-electron chi connectivity index (χ1n) is 7.95. The standard InChI is InChI=1S/C19H20N2O2/c1-12-7-13(3-6-19(12)23-2)10-21-11-20-16-9-15-14(8-17(16)21)4-5-18(15)22/h3,6-9,11,18,22H,4-5,10H2,1-2H3/t18-/m0/s1. The van der Waals surface area contributed by atoms with Crippen LogP contribution in [0.15, 0.2) is 36.7 Å². The normalized spacial score (nSPS) is 16.7. The molecule has 0 radical (unpaired) electrons. The first-order valence-corrected chi connectivity index (χ1v) is 7.95. The average molecular weight is 308 g/mol. The van der Waals surface area contributed by atoms with E-state index in [1.54, 1.807) is 7.11 Å². The second-order valence-electron chi connectivity index (χ2n) is 6.27. The Morgan fingerprint density at radius 2 is 2.17 bits per heavy atom. The zero-order valence-corrected chi connectivity index (χ0v) is 13.4. The fourth-order valence-electron chi connectivity index (χ4n) is 3.50. The summed E-state index contributed by atoms with van der Waals surface area (Å²) in [5, 5.41) is 10.0. The summed E-state index contributed by atoms with van der Waals surface area (Å²) in [6, 6.07) is 10.5. The lowest BCUT2D eigenvalue weighted by Crippen LogP contribution is -1.99. The van der Waals surface area contributed by atoms with Crippen molar-refractivity contribution < 1.29 is 9.84 Å². The van der Waals surface area contributed by atoms with Crippen molar-refractivity contribution in [3.8, 4) is 5.75 Å². The summed E-state index contributed by atoms with van der Waals surface area (Å²) >= 11 is 0. The maximum atomic E-state index is 10.0. The van der Waals surface area contributed by atoms with Crippen LogP contribution >= 0.6 is 0 Å². The summed E-state index contributed by atoms with van der Waals surface area (Å²) in [7, 11) is 1.69. The number of imidazole rings is 1. The van der Waals surface area contributed by atoms with Gasteiger partial charge in [0.05, 0.1) is 30.6 Å². The van der Waals surface area contributed by atoms with E-state index in [2.05, 4.69) is 34.7 Å². The fraction of sp³-hybridized carbons (Fsp3) is 0.316. The first kappa shape index (κ1) is 14.3. The highest BCUT2D eigenvalue weighted by atomic mass is 16.5. The van der Waals surface area contributed by atoms with Crippen molar-refractivity contribution >= 4 is 11.0 Å². The second kappa shape index (κ2) is 5.39. The fourth-order valence-corrected chi connectivity index (χ4v) is 3.50. The van der Waals surface area contributed by atoms with Gasteiger partial charge >= 0.3 is 0 Å². The van der Waals surface area contributed by atoms with Crippen molar-refractivity contribution in [2.24, 2.45) is 0 Å². The summed E-state index contributed by atoms with van der Waals surface area (Å²) in [4.78, 5) is 4.51. The molecule has 0 spiro atoms. The number of rotatable bonds is 3. The van der Waals surface area contributed by atoms with Crippen LogP contribution in [0.4, 0.5) is 0 Å². The third kappa shape index (κ3) is 2.39. The van der Waals surface area contributed by atoms with Crippen LogP contribution in [0.5, 0.6) is 5.75 Å². The minimum Gasteiger partial charge on any atom is -0.496 e. The summed E-state index contributed by atoms with van der Waals surface area (Å²) in [5.41, 5.74) is 6.74. The van der Waals surface area contributed by atoms with Gasteiger partial charge < -0.3 is 14.4 Å². The predicted molar refractivity (Wildman–Crippen MR) is 89.8 cm³/mol. The molecule has 4 nitrogen and oxygen atoms in total. The molecule has 1 aliphatic rings. The molecule has 0 aliphatic heterocycles. The molecular weight excluding hydrogens is 288 g/mol. The number of fused-ring (bicyclic) bond motifs is 2. The molecule has 118 valence electrons. The van der Waals surface area contributed by atoms with Crippen molar-refractivity contribution in [2.75, 3.05) is 7.11 Å². The number of hydrogen-bond donors (Lipinski definition) is 1. The quantitative estimate of drug-likeness (QED) is 0.807. The van der Waals surface area contributed by atoms with Gasteiger partial charge in [-0.25, -0.2) is 4.98 Å². The van der Waals surface area contributed by atoms with Crippen LogP contribution in [0.1, 0.15) is 34.8 Å². The zero-order valence-electron chi connectivity index (χ0n) is 13.4. The van der Waals surface area contributed by atoms with Crippen LogP contribution in [0.2, 0.25) is 0 Å². The van der Waals surface area contributed by atoms with Gasteiger partial charge in [-0.2, -0.15) is 0 Å². The molecule has 1 N–H and O–H groups in total. The van der Waals surface area contributed by atoms with E-state index in [0.717, 1.165) is 47.3 Å². The number of benzene rings is 2. The van der Waals surface area contributed by atoms with Crippen LogP contribution in [-0.4, -0.2) is 21.8 Å². The maximum absolute atomic E-state index is 10.0. The van der Waals surface area contributed by atoms with Gasteiger partial charge in [-0.1, -0.05) is 12.1 Å². The maximum Gasteiger partial charge on any atom is 0.121 e. The largest absolute Gasteiger partial charge is 0.496 e. The highest BCUT2D eigenvalue weighted by Crippen LogP contribution is 2.34. The number of ether oxygens (including phenoxy) is 1. The highest BCUT2D eigenvalue weighted by molar-refractivity contribution is 5.78. The monoisotopic (exact) mass is 308 g/mol. The van der Waals surface area contributed by atoms with Crippen LogP contribution in [0.3, 0.4) is 0 Å². The lowest BCUT2D eigenvalue weighted by molar-refractivity contribution is 0.180. The molecular formula is C19H20N2O2. The van der Waals surface area contributed by atoms with Gasteiger partial charge in [0.15, 0.2) is 0 Å².